The Kier molecular flexibility index (Phi) is 5.05. The predicted molar refractivity (Wildman–Crippen MR) is 109 cm³/mol. The standard InChI is InChI=1S/C21H21ClN2OS/c1-20(2)13-21(3,15-8-10-16(22)11-9-15)17-6-4-5-7-18(17)24(20)19(25)12-26-14-23/h4-11H,12-13H2,1-3H3/t21-/m1/s1. The van der Waals surface area contributed by atoms with E-state index in [4.69, 9.17) is 16.9 Å². The lowest BCUT2D eigenvalue weighted by Gasteiger charge is -2.51. The number of amides is 1. The third-order valence-corrected chi connectivity index (χ3v) is 5.89. The van der Waals surface area contributed by atoms with Gasteiger partial charge in [-0.1, -0.05) is 48.9 Å². The zero-order valence-electron chi connectivity index (χ0n) is 15.1. The maximum atomic E-state index is 12.9. The number of carbonyl (C=O) groups excluding carboxylic acids is 1. The van der Waals surface area contributed by atoms with Crippen molar-refractivity contribution in [1.29, 1.82) is 5.26 Å². The summed E-state index contributed by atoms with van der Waals surface area (Å²) in [6.07, 6.45) is 0.779. The Morgan fingerprint density at radius 2 is 1.85 bits per heavy atom. The number of hydrogen-bond donors (Lipinski definition) is 0. The van der Waals surface area contributed by atoms with Crippen LogP contribution in [0.5, 0.6) is 0 Å². The molecule has 0 saturated carbocycles. The molecule has 1 heterocycles. The van der Waals surface area contributed by atoms with Crippen LogP contribution in [-0.2, 0) is 10.2 Å². The molecule has 3 nitrogen and oxygen atoms in total. The molecule has 5 heteroatoms. The first-order valence-electron chi connectivity index (χ1n) is 8.49. The molecule has 1 atom stereocenters. The maximum Gasteiger partial charge on any atom is 0.238 e. The predicted octanol–water partition coefficient (Wildman–Crippen LogP) is 5.38. The minimum absolute atomic E-state index is 0.0350. The summed E-state index contributed by atoms with van der Waals surface area (Å²) in [5.74, 6) is 0.124. The number of benzene rings is 2. The van der Waals surface area contributed by atoms with E-state index in [1.54, 1.807) is 0 Å². The van der Waals surface area contributed by atoms with E-state index in [2.05, 4.69) is 39.0 Å². The molecule has 0 spiro atoms. The number of rotatable bonds is 3. The second kappa shape index (κ2) is 6.98. The minimum Gasteiger partial charge on any atom is -0.306 e. The van der Waals surface area contributed by atoms with Gasteiger partial charge in [-0.05, 0) is 61.4 Å². The Labute approximate surface area is 164 Å². The van der Waals surface area contributed by atoms with E-state index < -0.39 is 0 Å². The first-order valence-corrected chi connectivity index (χ1v) is 9.85. The lowest BCUT2D eigenvalue weighted by atomic mass is 9.65. The van der Waals surface area contributed by atoms with Gasteiger partial charge in [0.1, 0.15) is 5.40 Å². The van der Waals surface area contributed by atoms with Crippen LogP contribution in [0, 0.1) is 10.7 Å². The number of nitrogens with zero attached hydrogens (tertiary/aromatic N) is 2. The Morgan fingerprint density at radius 3 is 2.50 bits per heavy atom. The number of nitriles is 1. The summed E-state index contributed by atoms with van der Waals surface area (Å²) in [6, 6.07) is 16.0. The van der Waals surface area contributed by atoms with E-state index in [-0.39, 0.29) is 22.6 Å². The van der Waals surface area contributed by atoms with Crippen molar-refractivity contribution in [2.75, 3.05) is 10.7 Å². The van der Waals surface area contributed by atoms with Crippen LogP contribution in [0.15, 0.2) is 48.5 Å². The van der Waals surface area contributed by atoms with Crippen LogP contribution in [0.2, 0.25) is 5.02 Å². The van der Waals surface area contributed by atoms with Gasteiger partial charge in [-0.25, -0.2) is 0 Å². The van der Waals surface area contributed by atoms with Gasteiger partial charge in [0.2, 0.25) is 5.91 Å². The third-order valence-electron chi connectivity index (χ3n) is 5.12. The highest BCUT2D eigenvalue weighted by Gasteiger charge is 2.47. The topological polar surface area (TPSA) is 44.1 Å². The zero-order valence-corrected chi connectivity index (χ0v) is 16.7. The summed E-state index contributed by atoms with van der Waals surface area (Å²) in [7, 11) is 0. The number of halogens is 1. The molecular formula is C21H21ClN2OS. The molecule has 1 amide bonds. The fourth-order valence-electron chi connectivity index (χ4n) is 4.21. The lowest BCUT2D eigenvalue weighted by Crippen LogP contribution is -2.56. The molecule has 0 bridgehead atoms. The van der Waals surface area contributed by atoms with Crippen LogP contribution in [0.3, 0.4) is 0 Å². The molecule has 2 aromatic carbocycles. The largest absolute Gasteiger partial charge is 0.306 e. The van der Waals surface area contributed by atoms with Crippen LogP contribution < -0.4 is 4.90 Å². The molecule has 0 N–H and O–H groups in total. The van der Waals surface area contributed by atoms with Crippen LogP contribution >= 0.6 is 23.4 Å². The molecule has 1 aliphatic rings. The van der Waals surface area contributed by atoms with E-state index in [1.165, 1.54) is 5.56 Å². The van der Waals surface area contributed by atoms with Gasteiger partial charge < -0.3 is 4.90 Å². The van der Waals surface area contributed by atoms with Crippen LogP contribution in [0.1, 0.15) is 38.3 Å². The smallest absolute Gasteiger partial charge is 0.238 e. The highest BCUT2D eigenvalue weighted by molar-refractivity contribution is 8.04. The van der Waals surface area contributed by atoms with Crippen molar-refractivity contribution in [3.8, 4) is 5.40 Å². The summed E-state index contributed by atoms with van der Waals surface area (Å²) in [5.41, 5.74) is 2.61. The maximum absolute atomic E-state index is 12.9. The summed E-state index contributed by atoms with van der Waals surface area (Å²) in [6.45, 7) is 6.40. The average Bonchev–Trinajstić information content (AvgIpc) is 2.59. The number of fused-ring (bicyclic) bond motifs is 1. The molecule has 0 aliphatic carbocycles. The SMILES string of the molecule is CC1(C)C[C@](C)(c2ccc(Cl)cc2)c2ccccc2N1C(=O)CSC#N. The van der Waals surface area contributed by atoms with Gasteiger partial charge in [-0.2, -0.15) is 5.26 Å². The number of thioether (sulfide) groups is 1. The van der Waals surface area contributed by atoms with Crippen molar-refractivity contribution in [2.24, 2.45) is 0 Å². The second-order valence-corrected chi connectivity index (χ2v) is 8.65. The summed E-state index contributed by atoms with van der Waals surface area (Å²) in [5, 5.41) is 11.5. The van der Waals surface area contributed by atoms with Crippen molar-refractivity contribution in [2.45, 2.75) is 38.1 Å². The van der Waals surface area contributed by atoms with E-state index in [0.717, 1.165) is 29.4 Å². The van der Waals surface area contributed by atoms with E-state index in [1.807, 2.05) is 40.6 Å². The van der Waals surface area contributed by atoms with E-state index >= 15 is 0 Å². The summed E-state index contributed by atoms with van der Waals surface area (Å²) < 4.78 is 0. The molecule has 3 rings (SSSR count). The van der Waals surface area contributed by atoms with Gasteiger partial charge in [-0.3, -0.25) is 4.79 Å². The van der Waals surface area contributed by atoms with E-state index in [9.17, 15) is 4.79 Å². The van der Waals surface area contributed by atoms with Crippen LogP contribution in [0.25, 0.3) is 0 Å². The van der Waals surface area contributed by atoms with Crippen molar-refractivity contribution in [1.82, 2.24) is 0 Å². The second-order valence-electron chi connectivity index (χ2n) is 7.45. The van der Waals surface area contributed by atoms with Crippen molar-refractivity contribution in [3.63, 3.8) is 0 Å². The fourth-order valence-corrected chi connectivity index (χ4v) is 4.65. The molecule has 134 valence electrons. The molecule has 0 aromatic heterocycles. The Hall–Kier alpha value is -1.96. The number of anilines is 1. The number of thiocyanates is 1. The highest BCUT2D eigenvalue weighted by Crippen LogP contribution is 2.50. The first kappa shape index (κ1) is 18.8. The molecule has 26 heavy (non-hydrogen) atoms. The minimum atomic E-state index is -0.379. The van der Waals surface area contributed by atoms with Gasteiger partial charge in [-0.15, -0.1) is 0 Å². The summed E-state index contributed by atoms with van der Waals surface area (Å²) in [4.78, 5) is 14.7. The summed E-state index contributed by atoms with van der Waals surface area (Å²) >= 11 is 7.07. The molecule has 0 saturated heterocycles. The highest BCUT2D eigenvalue weighted by atomic mass is 35.5. The number of para-hydroxylation sites is 1. The Balaban J connectivity index is 2.15. The number of hydrogen-bond acceptors (Lipinski definition) is 3. The molecule has 0 fully saturated rings. The molecular weight excluding hydrogens is 364 g/mol. The third kappa shape index (κ3) is 3.22. The quantitative estimate of drug-likeness (QED) is 0.667. The Morgan fingerprint density at radius 1 is 1.19 bits per heavy atom. The molecule has 1 aliphatic heterocycles. The zero-order chi connectivity index (χ0) is 18.9. The number of carbonyl (C=O) groups is 1. The first-order chi connectivity index (χ1) is 12.3. The lowest BCUT2D eigenvalue weighted by molar-refractivity contribution is -0.117. The van der Waals surface area contributed by atoms with Gasteiger partial charge in [0.05, 0.1) is 5.75 Å². The van der Waals surface area contributed by atoms with Gasteiger partial charge in [0, 0.05) is 21.7 Å². The van der Waals surface area contributed by atoms with Crippen LogP contribution in [0.4, 0.5) is 5.69 Å². The van der Waals surface area contributed by atoms with Crippen molar-refractivity contribution < 1.29 is 4.79 Å². The van der Waals surface area contributed by atoms with Gasteiger partial charge in [0.15, 0.2) is 0 Å². The van der Waals surface area contributed by atoms with Crippen LogP contribution in [-0.4, -0.2) is 17.2 Å². The monoisotopic (exact) mass is 384 g/mol. The molecule has 0 radical (unpaired) electrons. The normalized spacial score (nSPS) is 21.0. The Bertz CT molecular complexity index is 872. The van der Waals surface area contributed by atoms with Gasteiger partial charge in [0.25, 0.3) is 0 Å². The van der Waals surface area contributed by atoms with E-state index in [0.29, 0.717) is 5.02 Å². The van der Waals surface area contributed by atoms with Crippen molar-refractivity contribution >= 4 is 35.0 Å². The molecule has 2 aromatic rings. The molecule has 0 unspecified atom stereocenters. The van der Waals surface area contributed by atoms with Crippen molar-refractivity contribution in [3.05, 3.63) is 64.7 Å². The average molecular weight is 385 g/mol. The van der Waals surface area contributed by atoms with Gasteiger partial charge >= 0.3 is 0 Å². The fraction of sp³-hybridized carbons (Fsp3) is 0.333.